The third kappa shape index (κ3) is 3.99. The van der Waals surface area contributed by atoms with E-state index in [-0.39, 0.29) is 6.04 Å². The average Bonchev–Trinajstić information content (AvgIpc) is 3.42. The number of aryl methyl sites for hydroxylation is 1. The summed E-state index contributed by atoms with van der Waals surface area (Å²) in [5.41, 5.74) is 3.35. The Labute approximate surface area is 158 Å². The van der Waals surface area contributed by atoms with Crippen molar-refractivity contribution in [2.75, 3.05) is 0 Å². The van der Waals surface area contributed by atoms with Crippen LogP contribution >= 0.6 is 0 Å². The van der Waals surface area contributed by atoms with Crippen LogP contribution in [-0.2, 0) is 13.0 Å². The van der Waals surface area contributed by atoms with Crippen molar-refractivity contribution in [2.45, 2.75) is 25.9 Å². The summed E-state index contributed by atoms with van der Waals surface area (Å²) in [5, 5.41) is 7.55. The molecule has 27 heavy (non-hydrogen) atoms. The van der Waals surface area contributed by atoms with E-state index in [0.717, 1.165) is 23.3 Å². The molecule has 2 heterocycles. The average molecular weight is 359 g/mol. The lowest BCUT2D eigenvalue weighted by Gasteiger charge is -2.15. The van der Waals surface area contributed by atoms with Gasteiger partial charge in [0.05, 0.1) is 18.8 Å². The van der Waals surface area contributed by atoms with Gasteiger partial charge in [0, 0.05) is 5.56 Å². The van der Waals surface area contributed by atoms with Gasteiger partial charge in [0.1, 0.15) is 5.76 Å². The lowest BCUT2D eigenvalue weighted by Crippen LogP contribution is -2.21. The summed E-state index contributed by atoms with van der Waals surface area (Å²) in [7, 11) is 0. The van der Waals surface area contributed by atoms with Crippen LogP contribution in [0.3, 0.4) is 0 Å². The van der Waals surface area contributed by atoms with E-state index in [4.69, 9.17) is 8.94 Å². The lowest BCUT2D eigenvalue weighted by molar-refractivity contribution is 0.355. The summed E-state index contributed by atoms with van der Waals surface area (Å²) in [5.74, 6) is 1.98. The van der Waals surface area contributed by atoms with Gasteiger partial charge < -0.3 is 8.94 Å². The Morgan fingerprint density at radius 1 is 0.963 bits per heavy atom. The van der Waals surface area contributed by atoms with Gasteiger partial charge in [-0.1, -0.05) is 66.7 Å². The van der Waals surface area contributed by atoms with Crippen LogP contribution in [-0.4, -0.2) is 10.1 Å². The Morgan fingerprint density at radius 3 is 2.48 bits per heavy atom. The highest BCUT2D eigenvalue weighted by atomic mass is 16.5. The Bertz CT molecular complexity index is 960. The number of hydrogen-bond acceptors (Lipinski definition) is 5. The number of hydrogen-bond donors (Lipinski definition) is 1. The third-order valence-corrected chi connectivity index (χ3v) is 4.51. The zero-order valence-corrected chi connectivity index (χ0v) is 15.1. The molecule has 0 aliphatic carbocycles. The van der Waals surface area contributed by atoms with E-state index in [0.29, 0.717) is 18.3 Å². The van der Waals surface area contributed by atoms with Crippen molar-refractivity contribution in [3.05, 3.63) is 95.8 Å². The predicted octanol–water partition coefficient (Wildman–Crippen LogP) is 4.77. The van der Waals surface area contributed by atoms with Crippen LogP contribution in [0.15, 0.2) is 81.9 Å². The second kappa shape index (κ2) is 8.01. The third-order valence-electron chi connectivity index (χ3n) is 4.51. The molecular formula is C22H21N3O2. The number of nitrogens with zero attached hydrogens (tertiary/aromatic N) is 2. The van der Waals surface area contributed by atoms with E-state index in [1.807, 2.05) is 42.5 Å². The Hall–Kier alpha value is -3.18. The SMILES string of the molecule is CCc1ccc(-c2noc(CN[C@H](c3ccccc3)c3ccco3)n2)cc1. The first kappa shape index (κ1) is 17.2. The van der Waals surface area contributed by atoms with Crippen molar-refractivity contribution in [1.29, 1.82) is 0 Å². The van der Waals surface area contributed by atoms with E-state index in [1.54, 1.807) is 6.26 Å². The molecule has 4 aromatic rings. The molecule has 0 amide bonds. The molecule has 0 aliphatic heterocycles. The molecule has 1 N–H and O–H groups in total. The Kier molecular flexibility index (Phi) is 5.12. The topological polar surface area (TPSA) is 64.1 Å². The summed E-state index contributed by atoms with van der Waals surface area (Å²) in [6, 6.07) is 22.1. The number of benzene rings is 2. The highest BCUT2D eigenvalue weighted by Gasteiger charge is 2.18. The van der Waals surface area contributed by atoms with Crippen LogP contribution in [0.4, 0.5) is 0 Å². The maximum Gasteiger partial charge on any atom is 0.240 e. The van der Waals surface area contributed by atoms with Gasteiger partial charge in [-0.2, -0.15) is 4.98 Å². The minimum Gasteiger partial charge on any atom is -0.467 e. The van der Waals surface area contributed by atoms with Crippen LogP contribution in [0.25, 0.3) is 11.4 Å². The molecule has 2 aromatic heterocycles. The van der Waals surface area contributed by atoms with Gasteiger partial charge in [0.25, 0.3) is 0 Å². The number of nitrogens with one attached hydrogen (secondary N) is 1. The Balaban J connectivity index is 1.49. The molecule has 5 heteroatoms. The second-order valence-electron chi connectivity index (χ2n) is 6.30. The molecule has 0 saturated heterocycles. The largest absolute Gasteiger partial charge is 0.467 e. The monoisotopic (exact) mass is 359 g/mol. The summed E-state index contributed by atoms with van der Waals surface area (Å²) >= 11 is 0. The van der Waals surface area contributed by atoms with Gasteiger partial charge >= 0.3 is 0 Å². The smallest absolute Gasteiger partial charge is 0.240 e. The summed E-state index contributed by atoms with van der Waals surface area (Å²) in [6.45, 7) is 2.58. The second-order valence-corrected chi connectivity index (χ2v) is 6.30. The van der Waals surface area contributed by atoms with E-state index in [2.05, 4.69) is 46.6 Å². The minimum absolute atomic E-state index is 0.0830. The molecule has 136 valence electrons. The van der Waals surface area contributed by atoms with Gasteiger partial charge in [0.2, 0.25) is 11.7 Å². The lowest BCUT2D eigenvalue weighted by atomic mass is 10.0. The number of furan rings is 1. The fourth-order valence-corrected chi connectivity index (χ4v) is 3.01. The maximum atomic E-state index is 5.61. The first-order valence-corrected chi connectivity index (χ1v) is 9.07. The van der Waals surface area contributed by atoms with Crippen LogP contribution in [0.2, 0.25) is 0 Å². The van der Waals surface area contributed by atoms with Crippen molar-refractivity contribution in [2.24, 2.45) is 0 Å². The highest BCUT2D eigenvalue weighted by Crippen LogP contribution is 2.23. The van der Waals surface area contributed by atoms with Crippen molar-refractivity contribution in [1.82, 2.24) is 15.5 Å². The van der Waals surface area contributed by atoms with Crippen LogP contribution in [0, 0.1) is 0 Å². The van der Waals surface area contributed by atoms with Crippen LogP contribution in [0.1, 0.15) is 35.7 Å². The van der Waals surface area contributed by atoms with E-state index in [9.17, 15) is 0 Å². The first-order chi connectivity index (χ1) is 13.3. The molecule has 0 saturated carbocycles. The van der Waals surface area contributed by atoms with Crippen LogP contribution in [0.5, 0.6) is 0 Å². The molecule has 2 aromatic carbocycles. The van der Waals surface area contributed by atoms with Crippen molar-refractivity contribution in [3.63, 3.8) is 0 Å². The molecule has 0 bridgehead atoms. The number of rotatable bonds is 7. The molecule has 0 fully saturated rings. The predicted molar refractivity (Wildman–Crippen MR) is 103 cm³/mol. The molecule has 4 rings (SSSR count). The van der Waals surface area contributed by atoms with Gasteiger partial charge in [-0.15, -0.1) is 0 Å². The molecule has 0 unspecified atom stereocenters. The van der Waals surface area contributed by atoms with E-state index in [1.165, 1.54) is 5.56 Å². The van der Waals surface area contributed by atoms with Crippen molar-refractivity contribution >= 4 is 0 Å². The molecule has 0 aliphatic rings. The molecule has 5 nitrogen and oxygen atoms in total. The molecular weight excluding hydrogens is 338 g/mol. The van der Waals surface area contributed by atoms with Gasteiger partial charge in [-0.25, -0.2) is 0 Å². The highest BCUT2D eigenvalue weighted by molar-refractivity contribution is 5.54. The Morgan fingerprint density at radius 2 is 1.78 bits per heavy atom. The summed E-state index contributed by atoms with van der Waals surface area (Å²) in [6.07, 6.45) is 2.69. The molecule has 0 radical (unpaired) electrons. The van der Waals surface area contributed by atoms with Crippen molar-refractivity contribution in [3.8, 4) is 11.4 Å². The minimum atomic E-state index is -0.0830. The summed E-state index contributed by atoms with van der Waals surface area (Å²) < 4.78 is 11.0. The zero-order chi connectivity index (χ0) is 18.5. The van der Waals surface area contributed by atoms with Crippen molar-refractivity contribution < 1.29 is 8.94 Å². The number of aromatic nitrogens is 2. The fourth-order valence-electron chi connectivity index (χ4n) is 3.01. The fraction of sp³-hybridized carbons (Fsp3) is 0.182. The van der Waals surface area contributed by atoms with Gasteiger partial charge in [0.15, 0.2) is 0 Å². The molecule has 1 atom stereocenters. The standard InChI is InChI=1S/C22H21N3O2/c1-2-16-10-12-18(13-11-16)22-24-20(27-25-22)15-23-21(19-9-6-14-26-19)17-7-4-3-5-8-17/h3-14,21,23H,2,15H2,1H3/t21-/m1/s1. The zero-order valence-electron chi connectivity index (χ0n) is 15.1. The van der Waals surface area contributed by atoms with E-state index < -0.39 is 0 Å². The maximum absolute atomic E-state index is 5.61. The molecule has 0 spiro atoms. The van der Waals surface area contributed by atoms with Crippen LogP contribution < -0.4 is 5.32 Å². The van der Waals surface area contributed by atoms with Gasteiger partial charge in [-0.05, 0) is 29.7 Å². The quantitative estimate of drug-likeness (QED) is 0.515. The normalized spacial score (nSPS) is 12.2. The first-order valence-electron chi connectivity index (χ1n) is 9.07. The van der Waals surface area contributed by atoms with E-state index >= 15 is 0 Å². The summed E-state index contributed by atoms with van der Waals surface area (Å²) in [4.78, 5) is 4.51. The van der Waals surface area contributed by atoms with Gasteiger partial charge in [-0.3, -0.25) is 5.32 Å².